The molecule has 0 spiro atoms. The van der Waals surface area contributed by atoms with E-state index in [-0.39, 0.29) is 11.7 Å². The molecule has 7 nitrogen and oxygen atoms in total. The number of carbonyl (C=O) groups excluding carboxylic acids is 2. The van der Waals surface area contributed by atoms with Gasteiger partial charge in [0.2, 0.25) is 5.91 Å². The molecular formula is C22H23N3O4S. The number of pyridine rings is 1. The molecule has 2 aromatic heterocycles. The summed E-state index contributed by atoms with van der Waals surface area (Å²) < 4.78 is 11.0. The van der Waals surface area contributed by atoms with Gasteiger partial charge in [0.15, 0.2) is 22.4 Å². The zero-order chi connectivity index (χ0) is 21.5. The predicted octanol–water partition coefficient (Wildman–Crippen LogP) is 4.52. The highest BCUT2D eigenvalue weighted by Gasteiger charge is 2.13. The van der Waals surface area contributed by atoms with Crippen molar-refractivity contribution in [1.29, 1.82) is 0 Å². The van der Waals surface area contributed by atoms with E-state index in [2.05, 4.69) is 15.3 Å². The average Bonchev–Trinajstić information content (AvgIpc) is 3.11. The number of methoxy groups -OCH3 is 1. The molecule has 1 N–H and O–H groups in total. The lowest BCUT2D eigenvalue weighted by Gasteiger charge is -2.11. The van der Waals surface area contributed by atoms with Crippen molar-refractivity contribution in [3.05, 3.63) is 53.9 Å². The monoisotopic (exact) mass is 425 g/mol. The SMILES string of the molecule is COc1cc(C(C)=O)ccc1OCCCC(=O)Nc1nc(C)c(-c2ccccn2)s1. The lowest BCUT2D eigenvalue weighted by Crippen LogP contribution is -2.12. The molecule has 0 atom stereocenters. The van der Waals surface area contributed by atoms with Gasteiger partial charge in [0.25, 0.3) is 0 Å². The van der Waals surface area contributed by atoms with Crippen molar-refractivity contribution in [2.75, 3.05) is 19.0 Å². The summed E-state index contributed by atoms with van der Waals surface area (Å²) in [5, 5.41) is 3.39. The number of hydrogen-bond acceptors (Lipinski definition) is 7. The molecule has 0 aliphatic rings. The number of Topliss-reactive ketones (excluding diaryl/α,β-unsaturated/α-hetero) is 1. The van der Waals surface area contributed by atoms with Crippen LogP contribution in [0.4, 0.5) is 5.13 Å². The van der Waals surface area contributed by atoms with Crippen molar-refractivity contribution in [2.24, 2.45) is 0 Å². The first-order valence-electron chi connectivity index (χ1n) is 9.48. The minimum atomic E-state index is -0.126. The van der Waals surface area contributed by atoms with Crippen LogP contribution in [0.2, 0.25) is 0 Å². The van der Waals surface area contributed by atoms with Crippen molar-refractivity contribution in [3.63, 3.8) is 0 Å². The number of benzene rings is 1. The molecule has 3 rings (SSSR count). The van der Waals surface area contributed by atoms with Crippen LogP contribution < -0.4 is 14.8 Å². The summed E-state index contributed by atoms with van der Waals surface area (Å²) in [4.78, 5) is 33.4. The Hall–Kier alpha value is -3.26. The fourth-order valence-corrected chi connectivity index (χ4v) is 3.75. The molecule has 0 aliphatic carbocycles. The first kappa shape index (κ1) is 21.4. The molecule has 0 saturated heterocycles. The Bertz CT molecular complexity index is 1030. The van der Waals surface area contributed by atoms with Gasteiger partial charge in [0.1, 0.15) is 0 Å². The molecule has 0 saturated carbocycles. The predicted molar refractivity (Wildman–Crippen MR) is 116 cm³/mol. The Morgan fingerprint density at radius 3 is 2.70 bits per heavy atom. The van der Waals surface area contributed by atoms with Gasteiger partial charge in [0, 0.05) is 18.2 Å². The Morgan fingerprint density at radius 1 is 1.17 bits per heavy atom. The van der Waals surface area contributed by atoms with Crippen molar-refractivity contribution in [1.82, 2.24) is 9.97 Å². The summed E-state index contributed by atoms with van der Waals surface area (Å²) in [5.74, 6) is 0.866. The van der Waals surface area contributed by atoms with Gasteiger partial charge in [-0.05, 0) is 50.6 Å². The summed E-state index contributed by atoms with van der Waals surface area (Å²) in [6, 6.07) is 10.7. The zero-order valence-corrected chi connectivity index (χ0v) is 17.9. The van der Waals surface area contributed by atoms with E-state index in [9.17, 15) is 9.59 Å². The van der Waals surface area contributed by atoms with Crippen molar-refractivity contribution in [3.8, 4) is 22.1 Å². The number of amides is 1. The van der Waals surface area contributed by atoms with Crippen LogP contribution in [0.3, 0.4) is 0 Å². The molecule has 0 fully saturated rings. The highest BCUT2D eigenvalue weighted by molar-refractivity contribution is 7.19. The molecule has 0 aliphatic heterocycles. The first-order chi connectivity index (χ1) is 14.5. The third-order valence-electron chi connectivity index (χ3n) is 4.32. The van der Waals surface area contributed by atoms with E-state index in [4.69, 9.17) is 9.47 Å². The van der Waals surface area contributed by atoms with Crippen molar-refractivity contribution < 1.29 is 19.1 Å². The Labute approximate surface area is 179 Å². The minimum absolute atomic E-state index is 0.0415. The van der Waals surface area contributed by atoms with E-state index in [1.165, 1.54) is 25.4 Å². The smallest absolute Gasteiger partial charge is 0.226 e. The number of thiazole rings is 1. The van der Waals surface area contributed by atoms with Crippen LogP contribution in [-0.2, 0) is 4.79 Å². The van der Waals surface area contributed by atoms with Crippen molar-refractivity contribution >= 4 is 28.2 Å². The first-order valence-corrected chi connectivity index (χ1v) is 10.3. The van der Waals surface area contributed by atoms with Crippen LogP contribution in [0.5, 0.6) is 11.5 Å². The Balaban J connectivity index is 1.50. The van der Waals surface area contributed by atoms with Gasteiger partial charge < -0.3 is 14.8 Å². The van der Waals surface area contributed by atoms with Gasteiger partial charge in [0.05, 0.1) is 30.0 Å². The second-order valence-electron chi connectivity index (χ2n) is 6.57. The average molecular weight is 426 g/mol. The van der Waals surface area contributed by atoms with E-state index in [0.29, 0.717) is 41.6 Å². The lowest BCUT2D eigenvalue weighted by atomic mass is 10.1. The molecule has 30 heavy (non-hydrogen) atoms. The normalized spacial score (nSPS) is 10.5. The number of nitrogens with zero attached hydrogens (tertiary/aromatic N) is 2. The van der Waals surface area contributed by atoms with Gasteiger partial charge >= 0.3 is 0 Å². The summed E-state index contributed by atoms with van der Waals surface area (Å²) in [6.45, 7) is 3.74. The maximum Gasteiger partial charge on any atom is 0.226 e. The quantitative estimate of drug-likeness (QED) is 0.400. The highest BCUT2D eigenvalue weighted by Crippen LogP contribution is 2.31. The van der Waals surface area contributed by atoms with Gasteiger partial charge in [-0.25, -0.2) is 4.98 Å². The minimum Gasteiger partial charge on any atom is -0.493 e. The fraction of sp³-hybridized carbons (Fsp3) is 0.273. The zero-order valence-electron chi connectivity index (χ0n) is 17.1. The Morgan fingerprint density at radius 2 is 2.00 bits per heavy atom. The lowest BCUT2D eigenvalue weighted by molar-refractivity contribution is -0.116. The second-order valence-corrected chi connectivity index (χ2v) is 7.57. The number of nitrogens with one attached hydrogen (secondary N) is 1. The highest BCUT2D eigenvalue weighted by atomic mass is 32.1. The van der Waals surface area contributed by atoms with Crippen LogP contribution in [0, 0.1) is 6.92 Å². The van der Waals surface area contributed by atoms with Crippen LogP contribution in [0.1, 0.15) is 35.8 Å². The molecule has 8 heteroatoms. The van der Waals surface area contributed by atoms with Crippen LogP contribution in [-0.4, -0.2) is 35.4 Å². The molecule has 1 amide bonds. The number of anilines is 1. The fourth-order valence-electron chi connectivity index (χ4n) is 2.79. The topological polar surface area (TPSA) is 90.4 Å². The molecule has 0 radical (unpaired) electrons. The number of aromatic nitrogens is 2. The van der Waals surface area contributed by atoms with Crippen LogP contribution >= 0.6 is 11.3 Å². The van der Waals surface area contributed by atoms with Crippen LogP contribution in [0.15, 0.2) is 42.6 Å². The van der Waals surface area contributed by atoms with E-state index < -0.39 is 0 Å². The largest absolute Gasteiger partial charge is 0.493 e. The maximum absolute atomic E-state index is 12.2. The standard InChI is InChI=1S/C22H23N3O4S/c1-14-21(17-7-4-5-11-23-17)30-22(24-14)25-20(27)8-6-12-29-18-10-9-16(15(2)26)13-19(18)28-3/h4-5,7,9-11,13H,6,8,12H2,1-3H3,(H,24,25,27). The van der Waals surface area contributed by atoms with Gasteiger partial charge in [-0.1, -0.05) is 17.4 Å². The summed E-state index contributed by atoms with van der Waals surface area (Å²) >= 11 is 1.40. The molecule has 0 unspecified atom stereocenters. The number of ether oxygens (including phenoxy) is 2. The molecule has 2 heterocycles. The van der Waals surface area contributed by atoms with Crippen LogP contribution in [0.25, 0.3) is 10.6 Å². The number of aryl methyl sites for hydroxylation is 1. The van der Waals surface area contributed by atoms with Crippen molar-refractivity contribution in [2.45, 2.75) is 26.7 Å². The number of ketones is 1. The van der Waals surface area contributed by atoms with Gasteiger partial charge in [-0.15, -0.1) is 0 Å². The molecule has 3 aromatic rings. The van der Waals surface area contributed by atoms with Gasteiger partial charge in [-0.2, -0.15) is 0 Å². The molecule has 156 valence electrons. The summed E-state index contributed by atoms with van der Waals surface area (Å²) in [5.41, 5.74) is 2.23. The van der Waals surface area contributed by atoms with E-state index in [1.54, 1.807) is 24.4 Å². The summed E-state index contributed by atoms with van der Waals surface area (Å²) in [7, 11) is 1.52. The third kappa shape index (κ3) is 5.42. The number of rotatable bonds is 9. The van der Waals surface area contributed by atoms with E-state index in [1.807, 2.05) is 25.1 Å². The molecular weight excluding hydrogens is 402 g/mol. The number of carbonyl (C=O) groups is 2. The number of hydrogen-bond donors (Lipinski definition) is 1. The maximum atomic E-state index is 12.2. The summed E-state index contributed by atoms with van der Waals surface area (Å²) in [6.07, 6.45) is 2.56. The van der Waals surface area contributed by atoms with E-state index >= 15 is 0 Å². The van der Waals surface area contributed by atoms with E-state index in [0.717, 1.165) is 16.3 Å². The second kappa shape index (κ2) is 9.98. The molecule has 0 bridgehead atoms. The van der Waals surface area contributed by atoms with Gasteiger partial charge in [-0.3, -0.25) is 14.6 Å². The molecule has 1 aromatic carbocycles. The Kier molecular flexibility index (Phi) is 7.13. The third-order valence-corrected chi connectivity index (χ3v) is 5.41.